The van der Waals surface area contributed by atoms with Crippen molar-refractivity contribution in [2.24, 2.45) is 5.92 Å². The Kier molecular flexibility index (Phi) is 5.22. The van der Waals surface area contributed by atoms with Crippen molar-refractivity contribution in [1.82, 2.24) is 5.32 Å². The highest BCUT2D eigenvalue weighted by molar-refractivity contribution is 5.94. The fourth-order valence-electron chi connectivity index (χ4n) is 2.74. The SMILES string of the molecule is O=C(NC1CCCCCC1CO)c1ccc(F)c(F)c1F. The summed E-state index contributed by atoms with van der Waals surface area (Å²) >= 11 is 0. The first-order valence-electron chi connectivity index (χ1n) is 7.09. The van der Waals surface area contributed by atoms with Crippen LogP contribution in [0.4, 0.5) is 13.2 Å². The molecule has 2 atom stereocenters. The van der Waals surface area contributed by atoms with Crippen LogP contribution in [0.3, 0.4) is 0 Å². The summed E-state index contributed by atoms with van der Waals surface area (Å²) in [6, 6.07) is 1.37. The number of hydrogen-bond acceptors (Lipinski definition) is 2. The number of halogens is 3. The van der Waals surface area contributed by atoms with Crippen LogP contribution in [0, 0.1) is 23.4 Å². The largest absolute Gasteiger partial charge is 0.396 e. The minimum absolute atomic E-state index is 0.0643. The standard InChI is InChI=1S/C15H18F3NO2/c16-11-7-6-10(13(17)14(11)18)15(21)19-12-5-3-1-2-4-9(12)8-20/h6-7,9,12,20H,1-5,8H2,(H,19,21). The second kappa shape index (κ2) is 6.93. The van der Waals surface area contributed by atoms with Gasteiger partial charge in [0.2, 0.25) is 0 Å². The Labute approximate surface area is 121 Å². The molecule has 0 radical (unpaired) electrons. The molecule has 1 saturated carbocycles. The number of carbonyl (C=O) groups excluding carboxylic acids is 1. The number of aliphatic hydroxyl groups is 1. The second-order valence-corrected chi connectivity index (χ2v) is 5.38. The smallest absolute Gasteiger partial charge is 0.254 e. The van der Waals surface area contributed by atoms with Crippen LogP contribution in [-0.2, 0) is 0 Å². The number of aliphatic hydroxyl groups excluding tert-OH is 1. The summed E-state index contributed by atoms with van der Waals surface area (Å²) < 4.78 is 39.6. The molecule has 1 amide bonds. The van der Waals surface area contributed by atoms with E-state index in [4.69, 9.17) is 0 Å². The molecule has 1 aliphatic rings. The maximum absolute atomic E-state index is 13.6. The molecule has 2 N–H and O–H groups in total. The van der Waals surface area contributed by atoms with Gasteiger partial charge in [0.25, 0.3) is 5.91 Å². The molecule has 2 rings (SSSR count). The summed E-state index contributed by atoms with van der Waals surface area (Å²) in [6.07, 6.45) is 4.35. The number of carbonyl (C=O) groups is 1. The Hall–Kier alpha value is -1.56. The van der Waals surface area contributed by atoms with Crippen LogP contribution in [0.5, 0.6) is 0 Å². The predicted molar refractivity (Wildman–Crippen MR) is 71.2 cm³/mol. The minimum Gasteiger partial charge on any atom is -0.396 e. The molecule has 0 spiro atoms. The third-order valence-corrected chi connectivity index (χ3v) is 3.99. The Bertz CT molecular complexity index is 522. The summed E-state index contributed by atoms with van der Waals surface area (Å²) in [5.41, 5.74) is -0.519. The maximum atomic E-state index is 13.6. The lowest BCUT2D eigenvalue weighted by atomic mass is 9.95. The highest BCUT2D eigenvalue weighted by Crippen LogP contribution is 2.24. The topological polar surface area (TPSA) is 49.3 Å². The number of benzene rings is 1. The van der Waals surface area contributed by atoms with Gasteiger partial charge in [-0.05, 0) is 25.0 Å². The van der Waals surface area contributed by atoms with Crippen LogP contribution in [0.1, 0.15) is 42.5 Å². The van der Waals surface area contributed by atoms with Gasteiger partial charge in [-0.1, -0.05) is 19.3 Å². The van der Waals surface area contributed by atoms with Gasteiger partial charge in [0, 0.05) is 18.6 Å². The van der Waals surface area contributed by atoms with Gasteiger partial charge in [-0.25, -0.2) is 13.2 Å². The van der Waals surface area contributed by atoms with Crippen LogP contribution in [0.25, 0.3) is 0 Å². The number of amides is 1. The zero-order chi connectivity index (χ0) is 15.4. The van der Waals surface area contributed by atoms with E-state index < -0.39 is 28.9 Å². The quantitative estimate of drug-likeness (QED) is 0.666. The molecule has 1 fully saturated rings. The number of nitrogens with one attached hydrogen (secondary N) is 1. The predicted octanol–water partition coefficient (Wildman–Crippen LogP) is 2.77. The zero-order valence-electron chi connectivity index (χ0n) is 11.5. The maximum Gasteiger partial charge on any atom is 0.254 e. The lowest BCUT2D eigenvalue weighted by molar-refractivity contribution is 0.0894. The highest BCUT2D eigenvalue weighted by Gasteiger charge is 2.27. The van der Waals surface area contributed by atoms with Crippen molar-refractivity contribution in [1.29, 1.82) is 0 Å². The summed E-state index contributed by atoms with van der Waals surface area (Å²) in [5, 5.41) is 12.0. The summed E-state index contributed by atoms with van der Waals surface area (Å²) in [6.45, 7) is -0.0643. The summed E-state index contributed by atoms with van der Waals surface area (Å²) in [7, 11) is 0. The zero-order valence-corrected chi connectivity index (χ0v) is 11.5. The van der Waals surface area contributed by atoms with E-state index in [9.17, 15) is 23.1 Å². The van der Waals surface area contributed by atoms with Crippen molar-refractivity contribution in [2.45, 2.75) is 38.1 Å². The normalized spacial score (nSPS) is 22.7. The van der Waals surface area contributed by atoms with Crippen LogP contribution >= 0.6 is 0 Å². The van der Waals surface area contributed by atoms with E-state index in [0.29, 0.717) is 6.42 Å². The van der Waals surface area contributed by atoms with E-state index in [1.54, 1.807) is 0 Å². The van der Waals surface area contributed by atoms with Gasteiger partial charge in [0.1, 0.15) is 0 Å². The van der Waals surface area contributed by atoms with Crippen LogP contribution < -0.4 is 5.32 Å². The first-order valence-corrected chi connectivity index (χ1v) is 7.09. The van der Waals surface area contributed by atoms with Gasteiger partial charge >= 0.3 is 0 Å². The number of hydrogen-bond donors (Lipinski definition) is 2. The molecule has 1 aromatic carbocycles. The van der Waals surface area contributed by atoms with Crippen molar-refractivity contribution < 1.29 is 23.1 Å². The molecule has 0 aliphatic heterocycles. The Balaban J connectivity index is 2.15. The first-order chi connectivity index (χ1) is 10.0. The molecule has 0 saturated heterocycles. The third-order valence-electron chi connectivity index (χ3n) is 3.99. The van der Waals surface area contributed by atoms with Crippen LogP contribution in [0.15, 0.2) is 12.1 Å². The van der Waals surface area contributed by atoms with Crippen molar-refractivity contribution >= 4 is 5.91 Å². The third kappa shape index (κ3) is 3.56. The van der Waals surface area contributed by atoms with Crippen molar-refractivity contribution in [3.05, 3.63) is 35.1 Å². The van der Waals surface area contributed by atoms with Gasteiger partial charge in [0.05, 0.1) is 5.56 Å². The average Bonchev–Trinajstić information content (AvgIpc) is 2.69. The van der Waals surface area contributed by atoms with Crippen molar-refractivity contribution in [3.63, 3.8) is 0 Å². The molecule has 2 unspecified atom stereocenters. The molecule has 116 valence electrons. The summed E-state index contributed by atoms with van der Waals surface area (Å²) in [4.78, 5) is 12.0. The fraction of sp³-hybridized carbons (Fsp3) is 0.533. The fourth-order valence-corrected chi connectivity index (χ4v) is 2.74. The van der Waals surface area contributed by atoms with Crippen molar-refractivity contribution in [3.8, 4) is 0 Å². The Morgan fingerprint density at radius 2 is 1.86 bits per heavy atom. The molecule has 3 nitrogen and oxygen atoms in total. The van der Waals surface area contributed by atoms with Gasteiger partial charge in [-0.3, -0.25) is 4.79 Å². The Morgan fingerprint density at radius 1 is 1.14 bits per heavy atom. The second-order valence-electron chi connectivity index (χ2n) is 5.38. The van der Waals surface area contributed by atoms with E-state index in [1.165, 1.54) is 0 Å². The lowest BCUT2D eigenvalue weighted by Crippen LogP contribution is -2.41. The van der Waals surface area contributed by atoms with Gasteiger partial charge < -0.3 is 10.4 Å². The monoisotopic (exact) mass is 301 g/mol. The molecule has 0 heterocycles. The van der Waals surface area contributed by atoms with Gasteiger partial charge in [-0.2, -0.15) is 0 Å². The molecule has 21 heavy (non-hydrogen) atoms. The highest BCUT2D eigenvalue weighted by atomic mass is 19.2. The van der Waals surface area contributed by atoms with Crippen LogP contribution in [0.2, 0.25) is 0 Å². The lowest BCUT2D eigenvalue weighted by Gasteiger charge is -2.24. The van der Waals surface area contributed by atoms with E-state index in [1.807, 2.05) is 0 Å². The van der Waals surface area contributed by atoms with E-state index in [-0.39, 0.29) is 18.6 Å². The molecular weight excluding hydrogens is 283 g/mol. The average molecular weight is 301 g/mol. The molecular formula is C15H18F3NO2. The summed E-state index contributed by atoms with van der Waals surface area (Å²) in [5.74, 6) is -5.34. The van der Waals surface area contributed by atoms with E-state index in [0.717, 1.165) is 37.8 Å². The van der Waals surface area contributed by atoms with Gasteiger partial charge in [0.15, 0.2) is 17.5 Å². The van der Waals surface area contributed by atoms with Gasteiger partial charge in [-0.15, -0.1) is 0 Å². The molecule has 6 heteroatoms. The molecule has 0 aromatic heterocycles. The van der Waals surface area contributed by atoms with Crippen LogP contribution in [-0.4, -0.2) is 23.7 Å². The van der Waals surface area contributed by atoms with Crippen molar-refractivity contribution in [2.75, 3.05) is 6.61 Å². The van der Waals surface area contributed by atoms with E-state index in [2.05, 4.69) is 5.32 Å². The molecule has 1 aromatic rings. The number of rotatable bonds is 3. The first kappa shape index (κ1) is 15.8. The molecule has 1 aliphatic carbocycles. The molecule has 0 bridgehead atoms. The Morgan fingerprint density at radius 3 is 2.57 bits per heavy atom. The van der Waals surface area contributed by atoms with E-state index >= 15 is 0 Å². The minimum atomic E-state index is -1.65.